The molecule has 0 bridgehead atoms. The van der Waals surface area contributed by atoms with Gasteiger partial charge in [0.25, 0.3) is 0 Å². The monoisotopic (exact) mass is 266 g/mol. The van der Waals surface area contributed by atoms with Crippen LogP contribution in [0.5, 0.6) is 0 Å². The van der Waals surface area contributed by atoms with Crippen LogP contribution in [-0.4, -0.2) is 15.1 Å². The Balaban J connectivity index is 2.27. The zero-order valence-electron chi connectivity index (χ0n) is 10.4. The summed E-state index contributed by atoms with van der Waals surface area (Å²) in [5, 5.41) is 13.5. The highest BCUT2D eigenvalue weighted by molar-refractivity contribution is 7.09. The van der Waals surface area contributed by atoms with Crippen LogP contribution < -0.4 is 0 Å². The van der Waals surface area contributed by atoms with Gasteiger partial charge >= 0.3 is 0 Å². The molecule has 5 heteroatoms. The van der Waals surface area contributed by atoms with Gasteiger partial charge in [0, 0.05) is 11.8 Å². The van der Waals surface area contributed by atoms with Gasteiger partial charge < -0.3 is 5.11 Å². The maximum Gasteiger partial charge on any atom is 0.141 e. The van der Waals surface area contributed by atoms with Crippen molar-refractivity contribution >= 4 is 11.3 Å². The number of aliphatic hydroxyl groups is 1. The first-order valence-electron chi connectivity index (χ1n) is 5.79. The molecule has 0 aliphatic rings. The maximum absolute atomic E-state index is 12.9. The summed E-state index contributed by atoms with van der Waals surface area (Å²) in [6.45, 7) is 3.81. The standard InChI is InChI=1S/C13H15FN2OS/c1-3-13(17,6-11-8-18-9(2)16-11)12-5-4-10(14)7-15-12/h4-5,7-8,17H,3,6H2,1-2H3. The molecular formula is C13H15FN2OS. The van der Waals surface area contributed by atoms with E-state index in [1.165, 1.54) is 12.1 Å². The third-order valence-electron chi connectivity index (χ3n) is 2.93. The van der Waals surface area contributed by atoms with Crippen LogP contribution in [0.15, 0.2) is 23.7 Å². The Morgan fingerprint density at radius 3 is 2.72 bits per heavy atom. The van der Waals surface area contributed by atoms with Crippen LogP contribution in [0.2, 0.25) is 0 Å². The predicted octanol–water partition coefficient (Wildman–Crippen LogP) is 2.83. The lowest BCUT2D eigenvalue weighted by Gasteiger charge is -2.25. The SMILES string of the molecule is CCC(O)(Cc1csc(C)n1)c1ccc(F)cn1. The lowest BCUT2D eigenvalue weighted by Crippen LogP contribution is -2.29. The van der Waals surface area contributed by atoms with E-state index in [0.717, 1.165) is 16.9 Å². The van der Waals surface area contributed by atoms with Crippen molar-refractivity contribution < 1.29 is 9.50 Å². The fourth-order valence-corrected chi connectivity index (χ4v) is 2.45. The summed E-state index contributed by atoms with van der Waals surface area (Å²) in [6, 6.07) is 2.84. The Hall–Kier alpha value is -1.33. The molecule has 1 unspecified atom stereocenters. The van der Waals surface area contributed by atoms with Gasteiger partial charge in [-0.1, -0.05) is 6.92 Å². The number of halogens is 1. The molecule has 1 atom stereocenters. The molecule has 0 amide bonds. The van der Waals surface area contributed by atoms with E-state index in [1.54, 1.807) is 11.3 Å². The Morgan fingerprint density at radius 1 is 1.44 bits per heavy atom. The topological polar surface area (TPSA) is 46.0 Å². The van der Waals surface area contributed by atoms with Gasteiger partial charge in [0.15, 0.2) is 0 Å². The number of aromatic nitrogens is 2. The molecule has 0 aliphatic heterocycles. The van der Waals surface area contributed by atoms with Gasteiger partial charge in [-0.15, -0.1) is 11.3 Å². The first-order chi connectivity index (χ1) is 8.53. The quantitative estimate of drug-likeness (QED) is 0.925. The van der Waals surface area contributed by atoms with E-state index in [4.69, 9.17) is 0 Å². The number of hydrogen-bond donors (Lipinski definition) is 1. The van der Waals surface area contributed by atoms with E-state index in [2.05, 4.69) is 9.97 Å². The number of rotatable bonds is 4. The summed E-state index contributed by atoms with van der Waals surface area (Å²) in [5.41, 5.74) is 0.235. The molecule has 18 heavy (non-hydrogen) atoms. The summed E-state index contributed by atoms with van der Waals surface area (Å²) < 4.78 is 12.9. The van der Waals surface area contributed by atoms with Crippen LogP contribution in [-0.2, 0) is 12.0 Å². The zero-order valence-corrected chi connectivity index (χ0v) is 11.2. The van der Waals surface area contributed by atoms with Crippen molar-refractivity contribution in [2.75, 3.05) is 0 Å². The van der Waals surface area contributed by atoms with Gasteiger partial charge in [-0.25, -0.2) is 9.37 Å². The van der Waals surface area contributed by atoms with Gasteiger partial charge in [-0.2, -0.15) is 0 Å². The van der Waals surface area contributed by atoms with Crippen molar-refractivity contribution in [3.8, 4) is 0 Å². The van der Waals surface area contributed by atoms with Gasteiger partial charge in [-0.05, 0) is 25.5 Å². The minimum atomic E-state index is -1.09. The van der Waals surface area contributed by atoms with Crippen molar-refractivity contribution in [3.63, 3.8) is 0 Å². The Morgan fingerprint density at radius 2 is 2.22 bits per heavy atom. The van der Waals surface area contributed by atoms with Crippen LogP contribution in [0, 0.1) is 12.7 Å². The van der Waals surface area contributed by atoms with Gasteiger partial charge in [-0.3, -0.25) is 4.98 Å². The fourth-order valence-electron chi connectivity index (χ4n) is 1.84. The van der Waals surface area contributed by atoms with E-state index >= 15 is 0 Å². The van der Waals surface area contributed by atoms with Gasteiger partial charge in [0.2, 0.25) is 0 Å². The number of thiazole rings is 1. The average molecular weight is 266 g/mol. The normalized spacial score (nSPS) is 14.4. The maximum atomic E-state index is 12.9. The number of pyridine rings is 1. The van der Waals surface area contributed by atoms with Crippen molar-refractivity contribution in [2.45, 2.75) is 32.3 Å². The number of hydrogen-bond acceptors (Lipinski definition) is 4. The van der Waals surface area contributed by atoms with Gasteiger partial charge in [0.1, 0.15) is 11.4 Å². The first-order valence-corrected chi connectivity index (χ1v) is 6.67. The largest absolute Gasteiger partial charge is 0.383 e. The highest BCUT2D eigenvalue weighted by atomic mass is 32.1. The summed E-state index contributed by atoms with van der Waals surface area (Å²) in [4.78, 5) is 8.32. The van der Waals surface area contributed by atoms with Crippen LogP contribution in [0.4, 0.5) is 4.39 Å². The van der Waals surface area contributed by atoms with Crippen LogP contribution in [0.3, 0.4) is 0 Å². The molecule has 0 saturated carbocycles. The molecule has 0 saturated heterocycles. The summed E-state index contributed by atoms with van der Waals surface area (Å²) in [6.07, 6.45) is 2.02. The van der Waals surface area contributed by atoms with E-state index in [9.17, 15) is 9.50 Å². The molecule has 2 heterocycles. The first kappa shape index (κ1) is 13.1. The minimum absolute atomic E-state index is 0.395. The molecule has 2 aromatic rings. The Bertz CT molecular complexity index is 526. The lowest BCUT2D eigenvalue weighted by atomic mass is 9.91. The number of aryl methyl sites for hydroxylation is 1. The molecule has 0 aliphatic carbocycles. The van der Waals surface area contributed by atoms with Crippen LogP contribution >= 0.6 is 11.3 Å². The molecule has 96 valence electrons. The second-order valence-electron chi connectivity index (χ2n) is 4.28. The van der Waals surface area contributed by atoms with E-state index < -0.39 is 11.4 Å². The van der Waals surface area contributed by atoms with Crippen molar-refractivity contribution in [2.24, 2.45) is 0 Å². The molecule has 3 nitrogen and oxygen atoms in total. The fraction of sp³-hybridized carbons (Fsp3) is 0.385. The van der Waals surface area contributed by atoms with Crippen molar-refractivity contribution in [1.82, 2.24) is 9.97 Å². The van der Waals surface area contributed by atoms with Gasteiger partial charge in [0.05, 0.1) is 22.6 Å². The third-order valence-corrected chi connectivity index (χ3v) is 3.75. The molecule has 0 fully saturated rings. The average Bonchev–Trinajstić information content (AvgIpc) is 2.75. The zero-order chi connectivity index (χ0) is 13.2. The lowest BCUT2D eigenvalue weighted by molar-refractivity contribution is 0.0274. The summed E-state index contributed by atoms with van der Waals surface area (Å²) in [5.74, 6) is -0.401. The summed E-state index contributed by atoms with van der Waals surface area (Å²) >= 11 is 1.55. The third kappa shape index (κ3) is 2.73. The van der Waals surface area contributed by atoms with Crippen molar-refractivity contribution in [3.05, 3.63) is 45.9 Å². The van der Waals surface area contributed by atoms with Crippen LogP contribution in [0.25, 0.3) is 0 Å². The Labute approximate surface area is 109 Å². The predicted molar refractivity (Wildman–Crippen MR) is 68.9 cm³/mol. The van der Waals surface area contributed by atoms with E-state index in [-0.39, 0.29) is 0 Å². The van der Waals surface area contributed by atoms with E-state index in [0.29, 0.717) is 18.5 Å². The number of nitrogens with zero attached hydrogens (tertiary/aromatic N) is 2. The molecule has 0 aromatic carbocycles. The smallest absolute Gasteiger partial charge is 0.141 e. The molecular weight excluding hydrogens is 251 g/mol. The molecule has 0 spiro atoms. The second-order valence-corrected chi connectivity index (χ2v) is 5.34. The highest BCUT2D eigenvalue weighted by Gasteiger charge is 2.30. The molecule has 0 radical (unpaired) electrons. The molecule has 2 rings (SSSR count). The highest BCUT2D eigenvalue weighted by Crippen LogP contribution is 2.28. The van der Waals surface area contributed by atoms with E-state index in [1.807, 2.05) is 19.2 Å². The molecule has 2 aromatic heterocycles. The second kappa shape index (κ2) is 5.12. The minimum Gasteiger partial charge on any atom is -0.383 e. The molecule has 1 N–H and O–H groups in total. The van der Waals surface area contributed by atoms with Crippen molar-refractivity contribution in [1.29, 1.82) is 0 Å². The summed E-state index contributed by atoms with van der Waals surface area (Å²) in [7, 11) is 0. The van der Waals surface area contributed by atoms with Crippen LogP contribution in [0.1, 0.15) is 29.7 Å². The Kier molecular flexibility index (Phi) is 3.73.